The predicted octanol–water partition coefficient (Wildman–Crippen LogP) is 2.96. The molecule has 3 heterocycles. The van der Waals surface area contributed by atoms with E-state index in [1.54, 1.807) is 18.1 Å². The van der Waals surface area contributed by atoms with Gasteiger partial charge in [-0.1, -0.05) is 24.1 Å². The standard InChI is InChI=1S/C18H21N5O2/c1-12-7-8-16-19-14(10-23(16)9-12)18(24)22(2)11-15-20-17(25-21-15)13-5-3-4-6-13/h7-10,13H,3-6,11H2,1-2H3. The van der Waals surface area contributed by atoms with E-state index < -0.39 is 0 Å². The molecule has 1 aliphatic rings. The number of aromatic nitrogens is 4. The molecule has 0 atom stereocenters. The minimum absolute atomic E-state index is 0.159. The molecule has 0 unspecified atom stereocenters. The van der Waals surface area contributed by atoms with Crippen molar-refractivity contribution in [2.75, 3.05) is 7.05 Å². The quantitative estimate of drug-likeness (QED) is 0.730. The van der Waals surface area contributed by atoms with Gasteiger partial charge in [0.15, 0.2) is 5.82 Å². The van der Waals surface area contributed by atoms with E-state index in [2.05, 4.69) is 15.1 Å². The first-order valence-corrected chi connectivity index (χ1v) is 8.63. The van der Waals surface area contributed by atoms with Crippen LogP contribution >= 0.6 is 0 Å². The third kappa shape index (κ3) is 3.14. The van der Waals surface area contributed by atoms with E-state index in [9.17, 15) is 4.79 Å². The molecule has 1 aliphatic carbocycles. The highest BCUT2D eigenvalue weighted by molar-refractivity contribution is 5.92. The van der Waals surface area contributed by atoms with Crippen LogP contribution in [0.4, 0.5) is 0 Å². The van der Waals surface area contributed by atoms with Gasteiger partial charge in [-0.3, -0.25) is 4.79 Å². The van der Waals surface area contributed by atoms with Crippen LogP contribution in [0.5, 0.6) is 0 Å². The molecule has 4 rings (SSSR count). The highest BCUT2D eigenvalue weighted by Crippen LogP contribution is 2.32. The summed E-state index contributed by atoms with van der Waals surface area (Å²) in [5, 5.41) is 4.03. The fourth-order valence-electron chi connectivity index (χ4n) is 3.36. The molecule has 0 saturated heterocycles. The molecule has 0 bridgehead atoms. The Balaban J connectivity index is 1.47. The van der Waals surface area contributed by atoms with Crippen molar-refractivity contribution in [2.24, 2.45) is 0 Å². The van der Waals surface area contributed by atoms with Gasteiger partial charge in [0.1, 0.15) is 11.3 Å². The van der Waals surface area contributed by atoms with Gasteiger partial charge in [-0.05, 0) is 31.4 Å². The van der Waals surface area contributed by atoms with Gasteiger partial charge in [0, 0.05) is 25.4 Å². The second-order valence-electron chi connectivity index (χ2n) is 6.79. The first-order valence-electron chi connectivity index (χ1n) is 8.63. The number of hydrogen-bond acceptors (Lipinski definition) is 5. The molecule has 25 heavy (non-hydrogen) atoms. The number of hydrogen-bond donors (Lipinski definition) is 0. The molecule has 3 aromatic heterocycles. The van der Waals surface area contributed by atoms with E-state index in [0.29, 0.717) is 29.9 Å². The van der Waals surface area contributed by atoms with Gasteiger partial charge >= 0.3 is 0 Å². The second-order valence-corrected chi connectivity index (χ2v) is 6.79. The van der Waals surface area contributed by atoms with E-state index in [1.807, 2.05) is 29.7 Å². The summed E-state index contributed by atoms with van der Waals surface area (Å²) >= 11 is 0. The minimum Gasteiger partial charge on any atom is -0.339 e. The summed E-state index contributed by atoms with van der Waals surface area (Å²) in [6.07, 6.45) is 8.35. The first kappa shape index (κ1) is 15.8. The molecule has 0 N–H and O–H groups in total. The smallest absolute Gasteiger partial charge is 0.274 e. The lowest BCUT2D eigenvalue weighted by Crippen LogP contribution is -2.27. The summed E-state index contributed by atoms with van der Waals surface area (Å²) in [5.74, 6) is 1.46. The van der Waals surface area contributed by atoms with Gasteiger partial charge in [-0.2, -0.15) is 4.98 Å². The Hall–Kier alpha value is -2.70. The van der Waals surface area contributed by atoms with Crippen LogP contribution in [0, 0.1) is 6.92 Å². The Morgan fingerprint density at radius 1 is 1.28 bits per heavy atom. The SMILES string of the molecule is Cc1ccc2nc(C(=O)N(C)Cc3noc(C4CCCC4)n3)cn2c1. The van der Waals surface area contributed by atoms with Crippen LogP contribution in [0.1, 0.15) is 59.4 Å². The van der Waals surface area contributed by atoms with Crippen molar-refractivity contribution in [1.29, 1.82) is 0 Å². The van der Waals surface area contributed by atoms with Crippen molar-refractivity contribution < 1.29 is 9.32 Å². The van der Waals surface area contributed by atoms with Crippen LogP contribution in [0.15, 0.2) is 29.0 Å². The number of carbonyl (C=O) groups excluding carboxylic acids is 1. The molecule has 0 aliphatic heterocycles. The van der Waals surface area contributed by atoms with E-state index in [-0.39, 0.29) is 5.91 Å². The number of carbonyl (C=O) groups is 1. The van der Waals surface area contributed by atoms with Gasteiger partial charge in [0.25, 0.3) is 5.91 Å². The summed E-state index contributed by atoms with van der Waals surface area (Å²) in [6, 6.07) is 3.88. The highest BCUT2D eigenvalue weighted by atomic mass is 16.5. The Kier molecular flexibility index (Phi) is 3.99. The van der Waals surface area contributed by atoms with Gasteiger partial charge < -0.3 is 13.8 Å². The number of pyridine rings is 1. The summed E-state index contributed by atoms with van der Waals surface area (Å²) < 4.78 is 7.24. The fraction of sp³-hybridized carbons (Fsp3) is 0.444. The first-order chi connectivity index (χ1) is 12.1. The maximum atomic E-state index is 12.6. The zero-order valence-corrected chi connectivity index (χ0v) is 14.5. The molecule has 1 fully saturated rings. The van der Waals surface area contributed by atoms with Gasteiger partial charge in [0.2, 0.25) is 5.89 Å². The molecule has 1 saturated carbocycles. The van der Waals surface area contributed by atoms with E-state index >= 15 is 0 Å². The number of aryl methyl sites for hydroxylation is 1. The molecule has 3 aromatic rings. The van der Waals surface area contributed by atoms with Crippen molar-refractivity contribution in [3.63, 3.8) is 0 Å². The Labute approximate surface area is 145 Å². The highest BCUT2D eigenvalue weighted by Gasteiger charge is 2.24. The molecular formula is C18H21N5O2. The van der Waals surface area contributed by atoms with Crippen LogP contribution in [-0.4, -0.2) is 37.4 Å². The topological polar surface area (TPSA) is 76.5 Å². The largest absolute Gasteiger partial charge is 0.339 e. The molecule has 7 nitrogen and oxygen atoms in total. The lowest BCUT2D eigenvalue weighted by atomic mass is 10.1. The summed E-state index contributed by atoms with van der Waals surface area (Å²) in [7, 11) is 1.73. The molecule has 0 aromatic carbocycles. The number of amides is 1. The van der Waals surface area contributed by atoms with E-state index in [4.69, 9.17) is 4.52 Å². The number of rotatable bonds is 4. The van der Waals surface area contributed by atoms with Crippen LogP contribution in [0.25, 0.3) is 5.65 Å². The Morgan fingerprint density at radius 3 is 2.88 bits per heavy atom. The van der Waals surface area contributed by atoms with Crippen molar-refractivity contribution >= 4 is 11.6 Å². The van der Waals surface area contributed by atoms with Crippen LogP contribution in [0.2, 0.25) is 0 Å². The fourth-order valence-corrected chi connectivity index (χ4v) is 3.36. The van der Waals surface area contributed by atoms with Crippen molar-refractivity contribution in [2.45, 2.75) is 45.1 Å². The Bertz CT molecular complexity index is 907. The van der Waals surface area contributed by atoms with E-state index in [1.165, 1.54) is 12.8 Å². The number of fused-ring (bicyclic) bond motifs is 1. The lowest BCUT2D eigenvalue weighted by Gasteiger charge is -2.12. The normalized spacial score (nSPS) is 15.1. The predicted molar refractivity (Wildman–Crippen MR) is 91.2 cm³/mol. The van der Waals surface area contributed by atoms with Gasteiger partial charge in [0.05, 0.1) is 6.54 Å². The monoisotopic (exact) mass is 339 g/mol. The van der Waals surface area contributed by atoms with Crippen molar-refractivity contribution in [1.82, 2.24) is 24.4 Å². The van der Waals surface area contributed by atoms with Crippen molar-refractivity contribution in [3.05, 3.63) is 47.5 Å². The van der Waals surface area contributed by atoms with Crippen LogP contribution < -0.4 is 0 Å². The lowest BCUT2D eigenvalue weighted by molar-refractivity contribution is 0.0775. The second kappa shape index (κ2) is 6.31. The summed E-state index contributed by atoms with van der Waals surface area (Å²) in [6.45, 7) is 2.31. The maximum Gasteiger partial charge on any atom is 0.274 e. The molecule has 0 radical (unpaired) electrons. The van der Waals surface area contributed by atoms with Gasteiger partial charge in [-0.15, -0.1) is 0 Å². The van der Waals surface area contributed by atoms with Crippen molar-refractivity contribution in [3.8, 4) is 0 Å². The van der Waals surface area contributed by atoms with Crippen LogP contribution in [0.3, 0.4) is 0 Å². The summed E-state index contributed by atoms with van der Waals surface area (Å²) in [5.41, 5.74) is 2.28. The maximum absolute atomic E-state index is 12.6. The zero-order chi connectivity index (χ0) is 17.4. The molecular weight excluding hydrogens is 318 g/mol. The van der Waals surface area contributed by atoms with Crippen LogP contribution in [-0.2, 0) is 6.54 Å². The summed E-state index contributed by atoms with van der Waals surface area (Å²) in [4.78, 5) is 23.1. The molecule has 1 amide bonds. The third-order valence-corrected chi connectivity index (χ3v) is 4.73. The molecule has 0 spiro atoms. The number of nitrogens with zero attached hydrogens (tertiary/aromatic N) is 5. The Morgan fingerprint density at radius 2 is 2.08 bits per heavy atom. The minimum atomic E-state index is -0.159. The van der Waals surface area contributed by atoms with E-state index in [0.717, 1.165) is 24.1 Å². The average molecular weight is 339 g/mol. The molecule has 7 heteroatoms. The van der Waals surface area contributed by atoms with Gasteiger partial charge in [-0.25, -0.2) is 4.98 Å². The zero-order valence-electron chi connectivity index (χ0n) is 14.5. The third-order valence-electron chi connectivity index (χ3n) is 4.73. The number of imidazole rings is 1. The molecule has 130 valence electrons. The average Bonchev–Trinajstić information content (AvgIpc) is 3.33.